The van der Waals surface area contributed by atoms with Crippen LogP contribution in [0.2, 0.25) is 0 Å². The van der Waals surface area contributed by atoms with Gasteiger partial charge >= 0.3 is 0 Å². The lowest BCUT2D eigenvalue weighted by Gasteiger charge is -2.08. The predicted octanol–water partition coefficient (Wildman–Crippen LogP) is 3.08. The standard InChI is InChI=1S/C16H23N3O/c1-4-5-8-17-16(20)10-13-6-7-15-14(9-13)18-11-19(15)12(2)3/h6-7,9,11-12H,4-5,8,10H2,1-3H3,(H,17,20). The van der Waals surface area contributed by atoms with Gasteiger partial charge in [0.25, 0.3) is 0 Å². The number of imidazole rings is 1. The average Bonchev–Trinajstić information content (AvgIpc) is 2.82. The van der Waals surface area contributed by atoms with E-state index in [9.17, 15) is 4.79 Å². The summed E-state index contributed by atoms with van der Waals surface area (Å²) in [5.74, 6) is 0.0843. The molecule has 0 aliphatic rings. The van der Waals surface area contributed by atoms with Crippen LogP contribution < -0.4 is 5.32 Å². The molecule has 2 rings (SSSR count). The number of hydrogen-bond acceptors (Lipinski definition) is 2. The summed E-state index contributed by atoms with van der Waals surface area (Å²) in [6, 6.07) is 6.47. The van der Waals surface area contributed by atoms with Crippen molar-refractivity contribution < 1.29 is 4.79 Å². The van der Waals surface area contributed by atoms with E-state index in [0.29, 0.717) is 12.5 Å². The lowest BCUT2D eigenvalue weighted by molar-refractivity contribution is -0.120. The fraction of sp³-hybridized carbons (Fsp3) is 0.500. The second-order valence-electron chi connectivity index (χ2n) is 5.45. The molecule has 1 aromatic heterocycles. The predicted molar refractivity (Wildman–Crippen MR) is 81.7 cm³/mol. The maximum absolute atomic E-state index is 11.8. The molecule has 0 radical (unpaired) electrons. The number of amides is 1. The number of benzene rings is 1. The second-order valence-corrected chi connectivity index (χ2v) is 5.45. The number of hydrogen-bond donors (Lipinski definition) is 1. The van der Waals surface area contributed by atoms with Gasteiger partial charge in [0.15, 0.2) is 0 Å². The van der Waals surface area contributed by atoms with Gasteiger partial charge in [0.1, 0.15) is 0 Å². The van der Waals surface area contributed by atoms with Gasteiger partial charge in [-0.25, -0.2) is 4.98 Å². The molecule has 1 heterocycles. The molecular weight excluding hydrogens is 250 g/mol. The van der Waals surface area contributed by atoms with Gasteiger partial charge in [-0.3, -0.25) is 4.79 Å². The Morgan fingerprint density at radius 1 is 1.40 bits per heavy atom. The van der Waals surface area contributed by atoms with Crippen molar-refractivity contribution >= 4 is 16.9 Å². The zero-order valence-corrected chi connectivity index (χ0v) is 12.5. The molecule has 4 heteroatoms. The average molecular weight is 273 g/mol. The molecule has 20 heavy (non-hydrogen) atoms. The van der Waals surface area contributed by atoms with Crippen LogP contribution in [0, 0.1) is 0 Å². The molecule has 1 amide bonds. The first-order chi connectivity index (χ1) is 9.61. The van der Waals surface area contributed by atoms with E-state index >= 15 is 0 Å². The summed E-state index contributed by atoms with van der Waals surface area (Å²) in [7, 11) is 0. The number of nitrogens with zero attached hydrogens (tertiary/aromatic N) is 2. The van der Waals surface area contributed by atoms with Gasteiger partial charge in [-0.2, -0.15) is 0 Å². The molecule has 0 unspecified atom stereocenters. The maximum atomic E-state index is 11.8. The fourth-order valence-corrected chi connectivity index (χ4v) is 2.25. The molecule has 0 saturated carbocycles. The number of fused-ring (bicyclic) bond motifs is 1. The molecule has 0 fully saturated rings. The molecule has 2 aromatic rings. The maximum Gasteiger partial charge on any atom is 0.224 e. The van der Waals surface area contributed by atoms with Crippen LogP contribution in [0.4, 0.5) is 0 Å². The lowest BCUT2D eigenvalue weighted by Crippen LogP contribution is -2.25. The van der Waals surface area contributed by atoms with Crippen LogP contribution in [0.3, 0.4) is 0 Å². The molecule has 1 N–H and O–H groups in total. The Kier molecular flexibility index (Phi) is 4.77. The second kappa shape index (κ2) is 6.55. The van der Waals surface area contributed by atoms with Gasteiger partial charge in [-0.1, -0.05) is 19.4 Å². The van der Waals surface area contributed by atoms with E-state index in [4.69, 9.17) is 0 Å². The topological polar surface area (TPSA) is 46.9 Å². The van der Waals surface area contributed by atoms with Crippen LogP contribution in [0.15, 0.2) is 24.5 Å². The minimum absolute atomic E-state index is 0.0843. The van der Waals surface area contributed by atoms with Crippen molar-refractivity contribution in [3.8, 4) is 0 Å². The van der Waals surface area contributed by atoms with E-state index in [1.165, 1.54) is 0 Å². The molecule has 0 aliphatic heterocycles. The largest absolute Gasteiger partial charge is 0.356 e. The van der Waals surface area contributed by atoms with Crippen LogP contribution >= 0.6 is 0 Å². The van der Waals surface area contributed by atoms with E-state index in [0.717, 1.165) is 36.0 Å². The molecule has 0 bridgehead atoms. The molecule has 0 spiro atoms. The minimum atomic E-state index is 0.0843. The summed E-state index contributed by atoms with van der Waals surface area (Å²) >= 11 is 0. The Hall–Kier alpha value is -1.84. The van der Waals surface area contributed by atoms with E-state index in [-0.39, 0.29) is 5.91 Å². The van der Waals surface area contributed by atoms with E-state index < -0.39 is 0 Å². The van der Waals surface area contributed by atoms with Gasteiger partial charge < -0.3 is 9.88 Å². The van der Waals surface area contributed by atoms with Gasteiger partial charge in [0, 0.05) is 12.6 Å². The summed E-state index contributed by atoms with van der Waals surface area (Å²) in [5, 5.41) is 2.94. The molecule has 4 nitrogen and oxygen atoms in total. The monoisotopic (exact) mass is 273 g/mol. The Bertz CT molecular complexity index is 586. The highest BCUT2D eigenvalue weighted by atomic mass is 16.1. The SMILES string of the molecule is CCCCNC(=O)Cc1ccc2c(c1)ncn2C(C)C. The Morgan fingerprint density at radius 3 is 2.90 bits per heavy atom. The third-order valence-electron chi connectivity index (χ3n) is 3.41. The first-order valence-electron chi connectivity index (χ1n) is 7.34. The molecule has 0 aliphatic carbocycles. The van der Waals surface area contributed by atoms with Gasteiger partial charge in [0.2, 0.25) is 5.91 Å². The third kappa shape index (κ3) is 3.38. The molecule has 0 atom stereocenters. The van der Waals surface area contributed by atoms with E-state index in [1.807, 2.05) is 18.5 Å². The summed E-state index contributed by atoms with van der Waals surface area (Å²) in [4.78, 5) is 16.2. The van der Waals surface area contributed by atoms with Crippen molar-refractivity contribution in [1.29, 1.82) is 0 Å². The highest BCUT2D eigenvalue weighted by Crippen LogP contribution is 2.19. The summed E-state index contributed by atoms with van der Waals surface area (Å²) < 4.78 is 2.14. The molecule has 1 aromatic carbocycles. The zero-order chi connectivity index (χ0) is 14.5. The van der Waals surface area contributed by atoms with Crippen LogP contribution in [0.25, 0.3) is 11.0 Å². The summed E-state index contributed by atoms with van der Waals surface area (Å²) in [6.45, 7) is 7.15. The third-order valence-corrected chi connectivity index (χ3v) is 3.41. The Labute approximate surface area is 120 Å². The minimum Gasteiger partial charge on any atom is -0.356 e. The quantitative estimate of drug-likeness (QED) is 0.822. The van der Waals surface area contributed by atoms with Crippen molar-refractivity contribution in [1.82, 2.24) is 14.9 Å². The Balaban J connectivity index is 2.07. The fourth-order valence-electron chi connectivity index (χ4n) is 2.25. The van der Waals surface area contributed by atoms with Crippen LogP contribution in [0.5, 0.6) is 0 Å². The van der Waals surface area contributed by atoms with Crippen molar-refractivity contribution in [2.75, 3.05) is 6.54 Å². The van der Waals surface area contributed by atoms with Crippen molar-refractivity contribution in [3.05, 3.63) is 30.1 Å². The van der Waals surface area contributed by atoms with Crippen molar-refractivity contribution in [2.45, 2.75) is 46.1 Å². The highest BCUT2D eigenvalue weighted by molar-refractivity contribution is 5.81. The summed E-state index contributed by atoms with van der Waals surface area (Å²) in [5.41, 5.74) is 3.09. The Morgan fingerprint density at radius 2 is 2.20 bits per heavy atom. The number of nitrogens with one attached hydrogen (secondary N) is 1. The number of aromatic nitrogens is 2. The van der Waals surface area contributed by atoms with Crippen LogP contribution in [-0.2, 0) is 11.2 Å². The molecule has 108 valence electrons. The number of rotatable bonds is 6. The van der Waals surface area contributed by atoms with E-state index in [2.05, 4.69) is 41.7 Å². The smallest absolute Gasteiger partial charge is 0.224 e. The van der Waals surface area contributed by atoms with Gasteiger partial charge in [0.05, 0.1) is 23.8 Å². The van der Waals surface area contributed by atoms with Crippen molar-refractivity contribution in [2.24, 2.45) is 0 Å². The number of carbonyl (C=O) groups excluding carboxylic acids is 1. The molecular formula is C16H23N3O. The number of unbranched alkanes of at least 4 members (excludes halogenated alkanes) is 1. The van der Waals surface area contributed by atoms with Gasteiger partial charge in [-0.05, 0) is 38.0 Å². The van der Waals surface area contributed by atoms with E-state index in [1.54, 1.807) is 0 Å². The zero-order valence-electron chi connectivity index (χ0n) is 12.5. The first kappa shape index (κ1) is 14.6. The molecule has 0 saturated heterocycles. The highest BCUT2D eigenvalue weighted by Gasteiger charge is 2.08. The normalized spacial score (nSPS) is 11.2. The summed E-state index contributed by atoms with van der Waals surface area (Å²) in [6.07, 6.45) is 4.41. The lowest BCUT2D eigenvalue weighted by atomic mass is 10.1. The van der Waals surface area contributed by atoms with Crippen LogP contribution in [0.1, 0.15) is 45.2 Å². The van der Waals surface area contributed by atoms with Crippen molar-refractivity contribution in [3.63, 3.8) is 0 Å². The first-order valence-corrected chi connectivity index (χ1v) is 7.34. The number of carbonyl (C=O) groups is 1. The van der Waals surface area contributed by atoms with Gasteiger partial charge in [-0.15, -0.1) is 0 Å². The van der Waals surface area contributed by atoms with Crippen LogP contribution in [-0.4, -0.2) is 22.0 Å².